The number of benzene rings is 2. The van der Waals surface area contributed by atoms with Gasteiger partial charge in [-0.25, -0.2) is 0 Å². The average Bonchev–Trinajstić information content (AvgIpc) is 2.99. The van der Waals surface area contributed by atoms with E-state index in [1.165, 1.54) is 32.1 Å². The summed E-state index contributed by atoms with van der Waals surface area (Å²) in [5.74, 6) is 0. The minimum absolute atomic E-state index is 0.848. The van der Waals surface area contributed by atoms with Crippen molar-refractivity contribution in [2.75, 3.05) is 19.0 Å². The Morgan fingerprint density at radius 1 is 0.957 bits per heavy atom. The van der Waals surface area contributed by atoms with Crippen molar-refractivity contribution in [1.82, 2.24) is 0 Å². The van der Waals surface area contributed by atoms with Crippen LogP contribution in [-0.4, -0.2) is 14.1 Å². The highest BCUT2D eigenvalue weighted by atomic mass is 35.5. The quantitative estimate of drug-likeness (QED) is 0.559. The largest absolute Gasteiger partial charge is 0.378 e. The Balaban J connectivity index is 1.81. The molecule has 0 saturated carbocycles. The predicted molar refractivity (Wildman–Crippen MR) is 103 cm³/mol. The highest BCUT2D eigenvalue weighted by Gasteiger charge is 2.07. The number of nitrogens with zero attached hydrogens (tertiary/aromatic N) is 1. The molecule has 0 radical (unpaired) electrons. The van der Waals surface area contributed by atoms with Crippen LogP contribution in [0, 0.1) is 6.92 Å². The van der Waals surface area contributed by atoms with Crippen LogP contribution in [0.3, 0.4) is 0 Å². The average molecular weight is 342 g/mol. The summed E-state index contributed by atoms with van der Waals surface area (Å²) in [5, 5.41) is 0.848. The Kier molecular flexibility index (Phi) is 4.74. The zero-order valence-electron chi connectivity index (χ0n) is 13.6. The van der Waals surface area contributed by atoms with E-state index in [4.69, 9.17) is 11.6 Å². The van der Waals surface area contributed by atoms with E-state index in [0.29, 0.717) is 0 Å². The van der Waals surface area contributed by atoms with Crippen molar-refractivity contribution in [1.29, 1.82) is 0 Å². The van der Waals surface area contributed by atoms with Crippen LogP contribution in [0.1, 0.15) is 16.0 Å². The molecule has 2 aromatic carbocycles. The summed E-state index contributed by atoms with van der Waals surface area (Å²) < 4.78 is 0. The summed E-state index contributed by atoms with van der Waals surface area (Å²) in [5.41, 5.74) is 4.93. The Labute approximate surface area is 147 Å². The normalized spacial score (nSPS) is 10.8. The van der Waals surface area contributed by atoms with Gasteiger partial charge in [0.2, 0.25) is 0 Å². The van der Waals surface area contributed by atoms with E-state index in [2.05, 4.69) is 74.4 Å². The molecule has 0 fully saturated rings. The third-order valence-electron chi connectivity index (χ3n) is 3.90. The molecule has 118 valence electrons. The first-order valence-corrected chi connectivity index (χ1v) is 8.84. The molecule has 0 aliphatic heterocycles. The van der Waals surface area contributed by atoms with Crippen LogP contribution >= 0.6 is 22.9 Å². The Hall–Kier alpha value is -1.77. The Bertz CT molecular complexity index is 803. The molecule has 1 aromatic heterocycles. The Morgan fingerprint density at radius 2 is 1.70 bits per heavy atom. The minimum Gasteiger partial charge on any atom is -0.378 e. The number of halogens is 1. The fourth-order valence-corrected chi connectivity index (χ4v) is 3.80. The van der Waals surface area contributed by atoms with Crippen LogP contribution in [0.2, 0.25) is 5.02 Å². The number of hydrogen-bond acceptors (Lipinski definition) is 2. The first-order chi connectivity index (χ1) is 11.0. The molecule has 3 heteroatoms. The number of rotatable bonds is 4. The van der Waals surface area contributed by atoms with E-state index in [9.17, 15) is 0 Å². The van der Waals surface area contributed by atoms with Crippen molar-refractivity contribution >= 4 is 28.6 Å². The lowest BCUT2D eigenvalue weighted by atomic mass is 10.1. The van der Waals surface area contributed by atoms with Crippen molar-refractivity contribution in [3.8, 4) is 10.4 Å². The SMILES string of the molecule is Cc1ccc(Cl)c(Cc2ccc(-c3ccc(N(C)C)cc3)s2)c1. The molecule has 0 atom stereocenters. The molecular formula is C20H20ClNS. The maximum Gasteiger partial charge on any atom is 0.0441 e. The van der Waals surface area contributed by atoms with Crippen molar-refractivity contribution < 1.29 is 0 Å². The number of thiophene rings is 1. The molecule has 0 N–H and O–H groups in total. The molecule has 1 nitrogen and oxygen atoms in total. The second-order valence-electron chi connectivity index (χ2n) is 5.98. The molecular weight excluding hydrogens is 322 g/mol. The molecule has 0 unspecified atom stereocenters. The summed E-state index contributed by atoms with van der Waals surface area (Å²) in [7, 11) is 4.12. The molecule has 0 spiro atoms. The van der Waals surface area contributed by atoms with Crippen LogP contribution in [0.15, 0.2) is 54.6 Å². The monoisotopic (exact) mass is 341 g/mol. The fourth-order valence-electron chi connectivity index (χ4n) is 2.58. The van der Waals surface area contributed by atoms with E-state index in [-0.39, 0.29) is 0 Å². The van der Waals surface area contributed by atoms with E-state index >= 15 is 0 Å². The smallest absolute Gasteiger partial charge is 0.0441 e. The molecule has 23 heavy (non-hydrogen) atoms. The van der Waals surface area contributed by atoms with Crippen LogP contribution in [-0.2, 0) is 6.42 Å². The Morgan fingerprint density at radius 3 is 2.39 bits per heavy atom. The lowest BCUT2D eigenvalue weighted by Crippen LogP contribution is -2.07. The van der Waals surface area contributed by atoms with E-state index in [0.717, 1.165) is 11.4 Å². The van der Waals surface area contributed by atoms with Crippen molar-refractivity contribution in [3.63, 3.8) is 0 Å². The highest BCUT2D eigenvalue weighted by Crippen LogP contribution is 2.31. The molecule has 0 saturated heterocycles. The lowest BCUT2D eigenvalue weighted by molar-refractivity contribution is 1.13. The molecule has 0 amide bonds. The van der Waals surface area contributed by atoms with Gasteiger partial charge in [0.05, 0.1) is 0 Å². The molecule has 3 rings (SSSR count). The highest BCUT2D eigenvalue weighted by molar-refractivity contribution is 7.15. The molecule has 0 aliphatic carbocycles. The van der Waals surface area contributed by atoms with Gasteiger partial charge in [-0.3, -0.25) is 0 Å². The number of anilines is 1. The summed E-state index contributed by atoms with van der Waals surface area (Å²) in [4.78, 5) is 4.75. The van der Waals surface area contributed by atoms with Gasteiger partial charge in [0.25, 0.3) is 0 Å². The summed E-state index contributed by atoms with van der Waals surface area (Å²) in [6.45, 7) is 2.10. The van der Waals surface area contributed by atoms with Crippen molar-refractivity contribution in [3.05, 3.63) is 75.6 Å². The summed E-state index contributed by atoms with van der Waals surface area (Å²) in [6.07, 6.45) is 0.890. The van der Waals surface area contributed by atoms with Gasteiger partial charge in [0.15, 0.2) is 0 Å². The molecule has 0 aliphatic rings. The van der Waals surface area contributed by atoms with Crippen LogP contribution in [0.25, 0.3) is 10.4 Å². The van der Waals surface area contributed by atoms with Crippen LogP contribution < -0.4 is 4.90 Å². The third-order valence-corrected chi connectivity index (χ3v) is 5.40. The standard InChI is InChI=1S/C20H20ClNS/c1-14-4-10-19(21)16(12-14)13-18-9-11-20(23-18)15-5-7-17(8-6-15)22(2)3/h4-12H,13H2,1-3H3. The van der Waals surface area contributed by atoms with Crippen LogP contribution in [0.5, 0.6) is 0 Å². The zero-order chi connectivity index (χ0) is 16.4. The van der Waals surface area contributed by atoms with Gasteiger partial charge >= 0.3 is 0 Å². The van der Waals surface area contributed by atoms with E-state index < -0.39 is 0 Å². The van der Waals surface area contributed by atoms with Crippen LogP contribution in [0.4, 0.5) is 5.69 Å². The second kappa shape index (κ2) is 6.77. The van der Waals surface area contributed by atoms with Gasteiger partial charge in [-0.1, -0.05) is 41.4 Å². The second-order valence-corrected chi connectivity index (χ2v) is 7.55. The molecule has 1 heterocycles. The maximum absolute atomic E-state index is 6.32. The first-order valence-electron chi connectivity index (χ1n) is 7.64. The lowest BCUT2D eigenvalue weighted by Gasteiger charge is -2.12. The predicted octanol–water partition coefficient (Wildman–Crippen LogP) is 6.03. The molecule has 0 bridgehead atoms. The van der Waals surface area contributed by atoms with Crippen molar-refractivity contribution in [2.45, 2.75) is 13.3 Å². The topological polar surface area (TPSA) is 3.24 Å². The maximum atomic E-state index is 6.32. The van der Waals surface area contributed by atoms with Gasteiger partial charge in [0, 0.05) is 41.0 Å². The number of aryl methyl sites for hydroxylation is 1. The minimum atomic E-state index is 0.848. The fraction of sp³-hybridized carbons (Fsp3) is 0.200. The molecule has 3 aromatic rings. The van der Waals surface area contributed by atoms with E-state index in [1.54, 1.807) is 0 Å². The summed E-state index contributed by atoms with van der Waals surface area (Å²) in [6, 6.07) is 19.3. The zero-order valence-corrected chi connectivity index (χ0v) is 15.2. The van der Waals surface area contributed by atoms with Gasteiger partial charge in [-0.15, -0.1) is 11.3 Å². The van der Waals surface area contributed by atoms with Gasteiger partial charge in [-0.2, -0.15) is 0 Å². The first kappa shape index (κ1) is 16.1. The third kappa shape index (κ3) is 3.77. The van der Waals surface area contributed by atoms with Gasteiger partial charge in [0.1, 0.15) is 0 Å². The number of hydrogen-bond donors (Lipinski definition) is 0. The van der Waals surface area contributed by atoms with Crippen molar-refractivity contribution in [2.24, 2.45) is 0 Å². The van der Waals surface area contributed by atoms with Gasteiger partial charge < -0.3 is 4.90 Å². The van der Waals surface area contributed by atoms with E-state index in [1.807, 2.05) is 17.4 Å². The summed E-state index contributed by atoms with van der Waals surface area (Å²) >= 11 is 8.15. The van der Waals surface area contributed by atoms with Gasteiger partial charge in [-0.05, 0) is 48.4 Å².